The van der Waals surface area contributed by atoms with E-state index in [0.29, 0.717) is 29.4 Å². The molecule has 1 aliphatic heterocycles. The number of ether oxygens (including phenoxy) is 2. The first-order chi connectivity index (χ1) is 15.0. The van der Waals surface area contributed by atoms with Crippen LogP contribution in [-0.4, -0.2) is 46.5 Å². The van der Waals surface area contributed by atoms with Crippen LogP contribution in [0.1, 0.15) is 46.3 Å². The normalized spacial score (nSPS) is 15.7. The molecule has 1 fully saturated rings. The molecule has 7 nitrogen and oxygen atoms in total. The van der Waals surface area contributed by atoms with Crippen LogP contribution >= 0.6 is 0 Å². The number of aryl methyl sites for hydroxylation is 2. The molecule has 160 valence electrons. The van der Waals surface area contributed by atoms with Crippen molar-refractivity contribution in [2.24, 2.45) is 0 Å². The topological polar surface area (TPSA) is 77.4 Å². The molecule has 7 heteroatoms. The van der Waals surface area contributed by atoms with E-state index in [9.17, 15) is 4.79 Å². The molecular weight excluding hydrogens is 392 g/mol. The van der Waals surface area contributed by atoms with Crippen LogP contribution in [0, 0.1) is 13.8 Å². The zero-order valence-electron chi connectivity index (χ0n) is 18.3. The van der Waals surface area contributed by atoms with Crippen molar-refractivity contribution in [1.82, 2.24) is 19.9 Å². The Labute approximate surface area is 182 Å². The number of carbonyl (C=O) groups is 1. The second-order valence-electron chi connectivity index (χ2n) is 7.63. The van der Waals surface area contributed by atoms with Crippen molar-refractivity contribution >= 4 is 5.91 Å². The van der Waals surface area contributed by atoms with Crippen molar-refractivity contribution in [1.29, 1.82) is 0 Å². The molecule has 1 unspecified atom stereocenters. The van der Waals surface area contributed by atoms with Gasteiger partial charge in [0.05, 0.1) is 31.5 Å². The second-order valence-corrected chi connectivity index (χ2v) is 7.63. The van der Waals surface area contributed by atoms with Gasteiger partial charge >= 0.3 is 0 Å². The van der Waals surface area contributed by atoms with E-state index in [2.05, 4.69) is 9.97 Å². The van der Waals surface area contributed by atoms with Crippen LogP contribution in [0.5, 0.6) is 11.5 Å². The quantitative estimate of drug-likeness (QED) is 0.619. The Balaban J connectivity index is 1.76. The summed E-state index contributed by atoms with van der Waals surface area (Å²) in [6.45, 7) is 4.56. The Bertz CT molecular complexity index is 1120. The van der Waals surface area contributed by atoms with Gasteiger partial charge in [-0.2, -0.15) is 0 Å². The van der Waals surface area contributed by atoms with Crippen LogP contribution in [0.2, 0.25) is 0 Å². The number of nitrogens with zero attached hydrogens (tertiary/aromatic N) is 4. The number of carbonyl (C=O) groups excluding carboxylic acids is 1. The molecule has 0 aliphatic carbocycles. The fraction of sp³-hybridized carbons (Fsp3) is 0.333. The van der Waals surface area contributed by atoms with E-state index in [1.807, 2.05) is 37.2 Å². The first-order valence-corrected chi connectivity index (χ1v) is 10.3. The Morgan fingerprint density at radius 1 is 1.10 bits per heavy atom. The summed E-state index contributed by atoms with van der Waals surface area (Å²) in [7, 11) is 3.15. The molecule has 3 aromatic rings. The van der Waals surface area contributed by atoms with Crippen LogP contribution in [0.15, 0.2) is 42.9 Å². The molecule has 0 bridgehead atoms. The van der Waals surface area contributed by atoms with Gasteiger partial charge in [0.2, 0.25) is 0 Å². The van der Waals surface area contributed by atoms with Gasteiger partial charge in [0.15, 0.2) is 0 Å². The maximum atomic E-state index is 13.6. The number of aromatic nitrogens is 3. The van der Waals surface area contributed by atoms with Gasteiger partial charge in [-0.05, 0) is 56.0 Å². The number of benzene rings is 1. The van der Waals surface area contributed by atoms with Gasteiger partial charge in [-0.1, -0.05) is 0 Å². The molecule has 1 amide bonds. The zero-order chi connectivity index (χ0) is 22.0. The summed E-state index contributed by atoms with van der Waals surface area (Å²) in [5, 5.41) is 0. The van der Waals surface area contributed by atoms with Gasteiger partial charge in [0.1, 0.15) is 17.3 Å². The lowest BCUT2D eigenvalue weighted by molar-refractivity contribution is 0.0729. The summed E-state index contributed by atoms with van der Waals surface area (Å²) < 4.78 is 10.7. The van der Waals surface area contributed by atoms with Crippen LogP contribution in [0.4, 0.5) is 0 Å². The van der Waals surface area contributed by atoms with E-state index in [1.54, 1.807) is 38.6 Å². The summed E-state index contributed by atoms with van der Waals surface area (Å²) in [5.74, 6) is 1.76. The van der Waals surface area contributed by atoms with Gasteiger partial charge in [0, 0.05) is 36.8 Å². The molecule has 2 aromatic heterocycles. The summed E-state index contributed by atoms with van der Waals surface area (Å²) in [5.41, 5.74) is 4.41. The predicted molar refractivity (Wildman–Crippen MR) is 117 cm³/mol. The molecule has 0 saturated carbocycles. The molecule has 1 saturated heterocycles. The third kappa shape index (κ3) is 3.95. The first kappa shape index (κ1) is 20.8. The molecule has 0 N–H and O–H groups in total. The number of likely N-dealkylation sites (tertiary alicyclic amines) is 1. The van der Waals surface area contributed by atoms with E-state index in [0.717, 1.165) is 35.2 Å². The molecule has 4 rings (SSSR count). The van der Waals surface area contributed by atoms with E-state index < -0.39 is 0 Å². The fourth-order valence-corrected chi connectivity index (χ4v) is 4.15. The monoisotopic (exact) mass is 418 g/mol. The third-order valence-electron chi connectivity index (χ3n) is 5.72. The average molecular weight is 418 g/mol. The SMILES string of the molecule is COc1ccc(C(=O)N2CCCC2c2nc(C)ncc2-c2ccncc2C)c(OC)c1. The second kappa shape index (κ2) is 8.71. The van der Waals surface area contributed by atoms with Crippen molar-refractivity contribution in [2.75, 3.05) is 20.8 Å². The van der Waals surface area contributed by atoms with Gasteiger partial charge in [-0.25, -0.2) is 9.97 Å². The average Bonchev–Trinajstić information content (AvgIpc) is 3.28. The molecule has 31 heavy (non-hydrogen) atoms. The van der Waals surface area contributed by atoms with E-state index in [4.69, 9.17) is 14.5 Å². The summed E-state index contributed by atoms with van der Waals surface area (Å²) in [6, 6.07) is 7.11. The Morgan fingerprint density at radius 2 is 1.94 bits per heavy atom. The van der Waals surface area contributed by atoms with E-state index >= 15 is 0 Å². The first-order valence-electron chi connectivity index (χ1n) is 10.3. The van der Waals surface area contributed by atoms with Crippen LogP contribution in [-0.2, 0) is 0 Å². The molecule has 0 radical (unpaired) electrons. The number of methoxy groups -OCH3 is 2. The summed E-state index contributed by atoms with van der Waals surface area (Å²) >= 11 is 0. The van der Waals surface area contributed by atoms with Crippen LogP contribution in [0.25, 0.3) is 11.1 Å². The van der Waals surface area contributed by atoms with Gasteiger partial charge < -0.3 is 14.4 Å². The number of hydrogen-bond acceptors (Lipinski definition) is 6. The highest BCUT2D eigenvalue weighted by Crippen LogP contribution is 2.39. The molecule has 1 atom stereocenters. The molecule has 1 aliphatic rings. The molecular formula is C24H26N4O3. The molecule has 1 aromatic carbocycles. The lowest BCUT2D eigenvalue weighted by atomic mass is 9.97. The Morgan fingerprint density at radius 3 is 2.68 bits per heavy atom. The highest BCUT2D eigenvalue weighted by atomic mass is 16.5. The maximum Gasteiger partial charge on any atom is 0.258 e. The molecule has 3 heterocycles. The highest BCUT2D eigenvalue weighted by Gasteiger charge is 2.34. The lowest BCUT2D eigenvalue weighted by Crippen LogP contribution is -2.31. The fourth-order valence-electron chi connectivity index (χ4n) is 4.15. The number of amides is 1. The number of rotatable bonds is 5. The van der Waals surface area contributed by atoms with Crippen molar-refractivity contribution in [3.05, 3.63) is 65.5 Å². The molecule has 0 spiro atoms. The maximum absolute atomic E-state index is 13.6. The lowest BCUT2D eigenvalue weighted by Gasteiger charge is -2.27. The summed E-state index contributed by atoms with van der Waals surface area (Å²) in [4.78, 5) is 28.9. The van der Waals surface area contributed by atoms with Crippen LogP contribution < -0.4 is 9.47 Å². The van der Waals surface area contributed by atoms with Crippen molar-refractivity contribution in [2.45, 2.75) is 32.7 Å². The number of hydrogen-bond donors (Lipinski definition) is 0. The predicted octanol–water partition coefficient (Wildman–Crippen LogP) is 4.15. The third-order valence-corrected chi connectivity index (χ3v) is 5.72. The minimum atomic E-state index is -0.136. The van der Waals surface area contributed by atoms with E-state index in [1.165, 1.54) is 0 Å². The van der Waals surface area contributed by atoms with Gasteiger partial charge in [-0.15, -0.1) is 0 Å². The Hall–Kier alpha value is -3.48. The highest BCUT2D eigenvalue weighted by molar-refractivity contribution is 5.97. The zero-order valence-corrected chi connectivity index (χ0v) is 18.3. The van der Waals surface area contributed by atoms with E-state index in [-0.39, 0.29) is 11.9 Å². The standard InChI is InChI=1S/C24H26N4O3/c1-15-13-25-10-9-18(15)20-14-26-16(2)27-23(20)21-6-5-11-28(21)24(29)19-8-7-17(30-3)12-22(19)31-4/h7-10,12-14,21H,5-6,11H2,1-4H3. The van der Waals surface area contributed by atoms with Gasteiger partial charge in [-0.3, -0.25) is 9.78 Å². The summed E-state index contributed by atoms with van der Waals surface area (Å²) in [6.07, 6.45) is 7.21. The minimum Gasteiger partial charge on any atom is -0.497 e. The minimum absolute atomic E-state index is 0.0735. The number of pyridine rings is 1. The van der Waals surface area contributed by atoms with Crippen molar-refractivity contribution < 1.29 is 14.3 Å². The van der Waals surface area contributed by atoms with Crippen molar-refractivity contribution in [3.8, 4) is 22.6 Å². The Kier molecular flexibility index (Phi) is 5.84. The van der Waals surface area contributed by atoms with Gasteiger partial charge in [0.25, 0.3) is 5.91 Å². The smallest absolute Gasteiger partial charge is 0.258 e. The van der Waals surface area contributed by atoms with Crippen LogP contribution in [0.3, 0.4) is 0 Å². The van der Waals surface area contributed by atoms with Crippen molar-refractivity contribution in [3.63, 3.8) is 0 Å². The largest absolute Gasteiger partial charge is 0.497 e.